The van der Waals surface area contributed by atoms with Crippen molar-refractivity contribution in [2.45, 2.75) is 59.6 Å². The van der Waals surface area contributed by atoms with Gasteiger partial charge in [0.05, 0.1) is 17.3 Å². The van der Waals surface area contributed by atoms with E-state index in [0.29, 0.717) is 6.42 Å². The molecular formula is C13H26O5S. The van der Waals surface area contributed by atoms with Gasteiger partial charge in [-0.25, -0.2) is 0 Å². The molecule has 0 bridgehead atoms. The highest BCUT2D eigenvalue weighted by Gasteiger charge is 2.29. The molecule has 0 amide bonds. The molecule has 19 heavy (non-hydrogen) atoms. The Morgan fingerprint density at radius 3 is 1.95 bits per heavy atom. The van der Waals surface area contributed by atoms with Crippen LogP contribution in [-0.2, 0) is 19.6 Å². The fourth-order valence-corrected chi connectivity index (χ4v) is 2.64. The SMILES string of the molecule is CC(C)(C)CC(CCOC(=O)C(C)(C)C)S(=O)(=O)O. The predicted octanol–water partition coefficient (Wildman–Crippen LogP) is 2.66. The average Bonchev–Trinajstić information content (AvgIpc) is 2.10. The minimum absolute atomic E-state index is 0.00333. The molecule has 114 valence electrons. The van der Waals surface area contributed by atoms with Crippen LogP contribution in [0.1, 0.15) is 54.4 Å². The first-order chi connectivity index (χ1) is 8.23. The van der Waals surface area contributed by atoms with Gasteiger partial charge in [-0.3, -0.25) is 9.35 Å². The molecule has 1 atom stereocenters. The summed E-state index contributed by atoms with van der Waals surface area (Å²) in [5.41, 5.74) is -0.841. The van der Waals surface area contributed by atoms with Gasteiger partial charge in [-0.2, -0.15) is 8.42 Å². The van der Waals surface area contributed by atoms with Crippen LogP contribution in [0.5, 0.6) is 0 Å². The highest BCUT2D eigenvalue weighted by molar-refractivity contribution is 7.86. The van der Waals surface area contributed by atoms with Crippen LogP contribution in [0.2, 0.25) is 0 Å². The van der Waals surface area contributed by atoms with E-state index >= 15 is 0 Å². The van der Waals surface area contributed by atoms with Gasteiger partial charge in [0.1, 0.15) is 0 Å². The second-order valence-electron chi connectivity index (χ2n) is 7.08. The fraction of sp³-hybridized carbons (Fsp3) is 0.923. The van der Waals surface area contributed by atoms with Gasteiger partial charge >= 0.3 is 5.97 Å². The van der Waals surface area contributed by atoms with E-state index in [9.17, 15) is 17.8 Å². The van der Waals surface area contributed by atoms with E-state index in [0.717, 1.165) is 0 Å². The van der Waals surface area contributed by atoms with E-state index in [1.165, 1.54) is 0 Å². The molecule has 0 aliphatic carbocycles. The molecule has 0 rings (SSSR count). The quantitative estimate of drug-likeness (QED) is 0.623. The Hall–Kier alpha value is -0.620. The Labute approximate surface area is 116 Å². The third-order valence-corrected chi connectivity index (χ3v) is 3.79. The van der Waals surface area contributed by atoms with E-state index in [4.69, 9.17) is 4.74 Å². The number of ether oxygens (including phenoxy) is 1. The number of carbonyl (C=O) groups is 1. The predicted molar refractivity (Wildman–Crippen MR) is 74.4 cm³/mol. The van der Waals surface area contributed by atoms with E-state index < -0.39 is 20.8 Å². The first kappa shape index (κ1) is 18.4. The lowest BCUT2D eigenvalue weighted by Crippen LogP contribution is -2.29. The monoisotopic (exact) mass is 294 g/mol. The third kappa shape index (κ3) is 8.21. The Bertz CT molecular complexity index is 398. The normalized spacial score (nSPS) is 15.1. The van der Waals surface area contributed by atoms with Crippen molar-refractivity contribution in [1.82, 2.24) is 0 Å². The fourth-order valence-electron chi connectivity index (χ4n) is 1.54. The zero-order valence-corrected chi connectivity index (χ0v) is 13.5. The molecule has 0 saturated carbocycles. The van der Waals surface area contributed by atoms with E-state index in [-0.39, 0.29) is 24.4 Å². The van der Waals surface area contributed by atoms with Crippen molar-refractivity contribution in [1.29, 1.82) is 0 Å². The first-order valence-corrected chi connectivity index (χ1v) is 7.87. The first-order valence-electron chi connectivity index (χ1n) is 6.37. The number of hydrogen-bond donors (Lipinski definition) is 1. The van der Waals surface area contributed by atoms with Crippen LogP contribution in [0.25, 0.3) is 0 Å². The lowest BCUT2D eigenvalue weighted by atomic mass is 9.89. The summed E-state index contributed by atoms with van der Waals surface area (Å²) >= 11 is 0. The van der Waals surface area contributed by atoms with Crippen LogP contribution in [0.3, 0.4) is 0 Å². The van der Waals surface area contributed by atoms with Gasteiger partial charge in [-0.15, -0.1) is 0 Å². The van der Waals surface area contributed by atoms with Crippen LogP contribution >= 0.6 is 0 Å². The molecule has 0 saturated heterocycles. The van der Waals surface area contributed by atoms with Crippen LogP contribution in [0, 0.1) is 10.8 Å². The van der Waals surface area contributed by atoms with Gasteiger partial charge in [-0.05, 0) is 32.6 Å². The summed E-state index contributed by atoms with van der Waals surface area (Å²) in [7, 11) is -4.12. The van der Waals surface area contributed by atoms with E-state index in [2.05, 4.69) is 0 Å². The lowest BCUT2D eigenvalue weighted by molar-refractivity contribution is -0.153. The topological polar surface area (TPSA) is 80.7 Å². The zero-order chi connectivity index (χ0) is 15.5. The van der Waals surface area contributed by atoms with Gasteiger partial charge in [-0.1, -0.05) is 20.8 Å². The summed E-state index contributed by atoms with van der Waals surface area (Å²) in [6.45, 7) is 10.9. The maximum absolute atomic E-state index is 11.5. The highest BCUT2D eigenvalue weighted by Crippen LogP contribution is 2.26. The standard InChI is InChI=1S/C13H26O5S/c1-12(2,3)9-10(19(15,16)17)7-8-18-11(14)13(4,5)6/h10H,7-9H2,1-6H3,(H,15,16,17). The molecule has 0 fully saturated rings. The second-order valence-corrected chi connectivity index (χ2v) is 8.77. The lowest BCUT2D eigenvalue weighted by Gasteiger charge is -2.24. The molecule has 1 unspecified atom stereocenters. The van der Waals surface area contributed by atoms with Crippen LogP contribution in [0.15, 0.2) is 0 Å². The van der Waals surface area contributed by atoms with Gasteiger partial charge in [0, 0.05) is 6.42 Å². The summed E-state index contributed by atoms with van der Waals surface area (Å²) in [4.78, 5) is 11.5. The van der Waals surface area contributed by atoms with Gasteiger partial charge in [0.15, 0.2) is 0 Å². The molecule has 0 aromatic carbocycles. The summed E-state index contributed by atoms with van der Waals surface area (Å²) in [6, 6.07) is 0. The van der Waals surface area contributed by atoms with Crippen molar-refractivity contribution < 1.29 is 22.5 Å². The zero-order valence-electron chi connectivity index (χ0n) is 12.7. The average molecular weight is 294 g/mol. The molecular weight excluding hydrogens is 268 g/mol. The van der Waals surface area contributed by atoms with Crippen LogP contribution in [0.4, 0.5) is 0 Å². The molecule has 1 N–H and O–H groups in total. The number of rotatable bonds is 5. The summed E-state index contributed by atoms with van der Waals surface area (Å²) in [6.07, 6.45) is 0.427. The number of hydrogen-bond acceptors (Lipinski definition) is 4. The molecule has 0 spiro atoms. The van der Waals surface area contributed by atoms with Crippen molar-refractivity contribution in [3.8, 4) is 0 Å². The summed E-state index contributed by atoms with van der Waals surface area (Å²) in [5, 5.41) is -0.903. The van der Waals surface area contributed by atoms with Gasteiger partial charge in [0.2, 0.25) is 0 Å². The Morgan fingerprint density at radius 2 is 1.63 bits per heavy atom. The van der Waals surface area contributed by atoms with Crippen molar-refractivity contribution >= 4 is 16.1 Å². The van der Waals surface area contributed by atoms with Crippen molar-refractivity contribution in [3.05, 3.63) is 0 Å². The molecule has 0 heterocycles. The van der Waals surface area contributed by atoms with Gasteiger partial charge < -0.3 is 4.74 Å². The van der Waals surface area contributed by atoms with Crippen LogP contribution < -0.4 is 0 Å². The number of carbonyl (C=O) groups excluding carboxylic acids is 1. The van der Waals surface area contributed by atoms with Crippen molar-refractivity contribution in [2.75, 3.05) is 6.61 Å². The summed E-state index contributed by atoms with van der Waals surface area (Å²) < 4.78 is 36.8. The Morgan fingerprint density at radius 1 is 1.16 bits per heavy atom. The third-order valence-electron chi connectivity index (χ3n) is 2.55. The van der Waals surface area contributed by atoms with E-state index in [1.807, 2.05) is 20.8 Å². The number of esters is 1. The molecule has 5 nitrogen and oxygen atoms in total. The highest BCUT2D eigenvalue weighted by atomic mass is 32.2. The Kier molecular flexibility index (Phi) is 6.02. The molecule has 0 aromatic rings. The minimum Gasteiger partial charge on any atom is -0.465 e. The molecule has 6 heteroatoms. The molecule has 0 aliphatic rings. The van der Waals surface area contributed by atoms with E-state index in [1.54, 1.807) is 20.8 Å². The van der Waals surface area contributed by atoms with Crippen LogP contribution in [-0.4, -0.2) is 30.8 Å². The molecule has 0 aliphatic heterocycles. The maximum Gasteiger partial charge on any atom is 0.311 e. The molecule has 0 aromatic heterocycles. The smallest absolute Gasteiger partial charge is 0.311 e. The maximum atomic E-state index is 11.5. The Balaban J connectivity index is 4.51. The molecule has 0 radical (unpaired) electrons. The second kappa shape index (κ2) is 6.22. The largest absolute Gasteiger partial charge is 0.465 e. The minimum atomic E-state index is -4.12. The summed E-state index contributed by atoms with van der Waals surface area (Å²) in [5.74, 6) is -0.377. The van der Waals surface area contributed by atoms with Gasteiger partial charge in [0.25, 0.3) is 10.1 Å². The van der Waals surface area contributed by atoms with Crippen molar-refractivity contribution in [3.63, 3.8) is 0 Å². The van der Waals surface area contributed by atoms with Crippen molar-refractivity contribution in [2.24, 2.45) is 10.8 Å².